The van der Waals surface area contributed by atoms with Gasteiger partial charge in [0, 0.05) is 32.7 Å². The molecule has 126 valence electrons. The van der Waals surface area contributed by atoms with Crippen LogP contribution in [0, 0.1) is 5.92 Å². The van der Waals surface area contributed by atoms with Crippen molar-refractivity contribution in [3.63, 3.8) is 0 Å². The molecule has 0 spiro atoms. The topological polar surface area (TPSA) is 44.3 Å². The first kappa shape index (κ1) is 16.9. The van der Waals surface area contributed by atoms with E-state index in [-0.39, 0.29) is 12.4 Å². The van der Waals surface area contributed by atoms with Crippen LogP contribution in [0.1, 0.15) is 12.8 Å². The lowest BCUT2D eigenvalue weighted by Crippen LogP contribution is -2.48. The van der Waals surface area contributed by atoms with Gasteiger partial charge in [-0.05, 0) is 43.3 Å². The van der Waals surface area contributed by atoms with E-state index < -0.39 is 0 Å². The van der Waals surface area contributed by atoms with Gasteiger partial charge in [0.05, 0.1) is 10.2 Å². The summed E-state index contributed by atoms with van der Waals surface area (Å²) in [7, 11) is 0. The molecule has 0 radical (unpaired) electrons. The Kier molecular flexibility index (Phi) is 5.69. The summed E-state index contributed by atoms with van der Waals surface area (Å²) in [6.45, 7) is 8.13. The van der Waals surface area contributed by atoms with Crippen molar-refractivity contribution in [1.29, 1.82) is 0 Å². The smallest absolute Gasteiger partial charge is 0.150 e. The number of halogens is 1. The average molecular weight is 354 g/mol. The number of nitrogens with zero attached hydrogens (tertiary/aromatic N) is 4. The molecule has 2 aromatic heterocycles. The molecule has 2 aromatic rings. The SMILES string of the molecule is Cl.c1nc(N2CCN(CC3CCNCC3)CC2)c2sccc2n1. The number of hydrogen-bond acceptors (Lipinski definition) is 6. The maximum atomic E-state index is 4.54. The number of rotatable bonds is 3. The van der Waals surface area contributed by atoms with Gasteiger partial charge in [0.15, 0.2) is 0 Å². The highest BCUT2D eigenvalue weighted by atomic mass is 35.5. The highest BCUT2D eigenvalue weighted by Crippen LogP contribution is 2.28. The minimum Gasteiger partial charge on any atom is -0.353 e. The van der Waals surface area contributed by atoms with Crippen LogP contribution in [0.2, 0.25) is 0 Å². The molecule has 2 aliphatic heterocycles. The predicted molar refractivity (Wildman–Crippen MR) is 98.9 cm³/mol. The second kappa shape index (κ2) is 7.75. The molecule has 2 aliphatic rings. The van der Waals surface area contributed by atoms with E-state index in [1.165, 1.54) is 37.2 Å². The molecule has 2 saturated heterocycles. The zero-order valence-electron chi connectivity index (χ0n) is 13.3. The van der Waals surface area contributed by atoms with Crippen molar-refractivity contribution in [2.75, 3.05) is 50.7 Å². The summed E-state index contributed by atoms with van der Waals surface area (Å²) >= 11 is 1.75. The largest absolute Gasteiger partial charge is 0.353 e. The van der Waals surface area contributed by atoms with Gasteiger partial charge in [0.1, 0.15) is 12.1 Å². The van der Waals surface area contributed by atoms with E-state index in [0.29, 0.717) is 0 Å². The van der Waals surface area contributed by atoms with Gasteiger partial charge < -0.3 is 10.2 Å². The van der Waals surface area contributed by atoms with E-state index in [2.05, 4.69) is 36.5 Å². The zero-order chi connectivity index (χ0) is 14.8. The number of thiophene rings is 1. The van der Waals surface area contributed by atoms with Crippen LogP contribution in [0.5, 0.6) is 0 Å². The lowest BCUT2D eigenvalue weighted by Gasteiger charge is -2.37. The van der Waals surface area contributed by atoms with Crippen molar-refractivity contribution in [1.82, 2.24) is 20.2 Å². The number of anilines is 1. The van der Waals surface area contributed by atoms with Crippen molar-refractivity contribution >= 4 is 39.8 Å². The quantitative estimate of drug-likeness (QED) is 0.916. The van der Waals surface area contributed by atoms with E-state index in [9.17, 15) is 0 Å². The van der Waals surface area contributed by atoms with Crippen molar-refractivity contribution in [3.8, 4) is 0 Å². The monoisotopic (exact) mass is 353 g/mol. The Balaban J connectivity index is 0.00000156. The van der Waals surface area contributed by atoms with Crippen LogP contribution < -0.4 is 10.2 Å². The lowest BCUT2D eigenvalue weighted by molar-refractivity contribution is 0.196. The molecule has 1 N–H and O–H groups in total. The maximum Gasteiger partial charge on any atom is 0.150 e. The van der Waals surface area contributed by atoms with Gasteiger partial charge in [-0.25, -0.2) is 9.97 Å². The van der Waals surface area contributed by atoms with E-state index in [1.54, 1.807) is 17.7 Å². The Morgan fingerprint density at radius 1 is 1.13 bits per heavy atom. The first-order chi connectivity index (χ1) is 10.9. The van der Waals surface area contributed by atoms with Crippen molar-refractivity contribution in [3.05, 3.63) is 17.8 Å². The summed E-state index contributed by atoms with van der Waals surface area (Å²) in [5.41, 5.74) is 1.08. The number of nitrogens with one attached hydrogen (secondary N) is 1. The van der Waals surface area contributed by atoms with Gasteiger partial charge in [0.25, 0.3) is 0 Å². The molecule has 4 rings (SSSR count). The number of piperazine rings is 1. The number of fused-ring (bicyclic) bond motifs is 1. The van der Waals surface area contributed by atoms with Crippen molar-refractivity contribution in [2.24, 2.45) is 5.92 Å². The molecule has 0 atom stereocenters. The minimum atomic E-state index is 0. The first-order valence-electron chi connectivity index (χ1n) is 8.26. The number of aromatic nitrogens is 2. The zero-order valence-corrected chi connectivity index (χ0v) is 14.9. The molecule has 4 heterocycles. The van der Waals surface area contributed by atoms with E-state index >= 15 is 0 Å². The van der Waals surface area contributed by atoms with Crippen LogP contribution in [0.4, 0.5) is 5.82 Å². The second-order valence-corrected chi connectivity index (χ2v) is 7.23. The molecule has 0 amide bonds. The highest BCUT2D eigenvalue weighted by Gasteiger charge is 2.23. The fourth-order valence-electron chi connectivity index (χ4n) is 3.57. The van der Waals surface area contributed by atoms with Crippen molar-refractivity contribution < 1.29 is 0 Å². The molecular weight excluding hydrogens is 330 g/mol. The number of piperidine rings is 1. The molecule has 2 fully saturated rings. The summed E-state index contributed by atoms with van der Waals surface area (Å²) in [6, 6.07) is 2.08. The van der Waals surface area contributed by atoms with Gasteiger partial charge in [-0.15, -0.1) is 23.7 Å². The molecule has 23 heavy (non-hydrogen) atoms. The van der Waals surface area contributed by atoms with Gasteiger partial charge in [-0.1, -0.05) is 0 Å². The molecular formula is C16H24ClN5S. The standard InChI is InChI=1S/C16H23N5S.ClH/c1-4-17-5-2-13(1)11-20-6-8-21(9-7-20)16-15-14(3-10-22-15)18-12-19-16;/h3,10,12-13,17H,1-2,4-9,11H2;1H. The molecule has 0 aliphatic carbocycles. The minimum absolute atomic E-state index is 0. The van der Waals surface area contributed by atoms with Gasteiger partial charge in [-0.2, -0.15) is 0 Å². The Hall–Kier alpha value is -0.950. The Morgan fingerprint density at radius 3 is 2.70 bits per heavy atom. The van der Waals surface area contributed by atoms with E-state index in [1.807, 2.05) is 0 Å². The molecule has 0 saturated carbocycles. The summed E-state index contributed by atoms with van der Waals surface area (Å²) in [6.07, 6.45) is 4.37. The third-order valence-corrected chi connectivity index (χ3v) is 5.77. The maximum absolute atomic E-state index is 4.54. The van der Waals surface area contributed by atoms with Crippen LogP contribution in [0.25, 0.3) is 10.2 Å². The molecule has 7 heteroatoms. The predicted octanol–water partition coefficient (Wildman–Crippen LogP) is 2.23. The first-order valence-corrected chi connectivity index (χ1v) is 9.14. The lowest BCUT2D eigenvalue weighted by atomic mass is 9.97. The highest BCUT2D eigenvalue weighted by molar-refractivity contribution is 7.17. The van der Waals surface area contributed by atoms with Crippen LogP contribution in [0.3, 0.4) is 0 Å². The second-order valence-electron chi connectivity index (χ2n) is 6.31. The fraction of sp³-hybridized carbons (Fsp3) is 0.625. The van der Waals surface area contributed by atoms with Crippen LogP contribution in [-0.2, 0) is 0 Å². The Morgan fingerprint density at radius 2 is 1.91 bits per heavy atom. The summed E-state index contributed by atoms with van der Waals surface area (Å²) in [5.74, 6) is 2.01. The van der Waals surface area contributed by atoms with Gasteiger partial charge >= 0.3 is 0 Å². The van der Waals surface area contributed by atoms with Crippen LogP contribution in [-0.4, -0.2) is 60.7 Å². The number of hydrogen-bond donors (Lipinski definition) is 1. The third-order valence-electron chi connectivity index (χ3n) is 4.87. The van der Waals surface area contributed by atoms with E-state index in [4.69, 9.17) is 0 Å². The summed E-state index contributed by atoms with van der Waals surface area (Å²) < 4.78 is 1.23. The third kappa shape index (κ3) is 3.76. The summed E-state index contributed by atoms with van der Waals surface area (Å²) in [4.78, 5) is 14.0. The van der Waals surface area contributed by atoms with Crippen LogP contribution >= 0.6 is 23.7 Å². The van der Waals surface area contributed by atoms with E-state index in [0.717, 1.165) is 43.4 Å². The Bertz CT molecular complexity index is 620. The van der Waals surface area contributed by atoms with Gasteiger partial charge in [-0.3, -0.25) is 4.90 Å². The van der Waals surface area contributed by atoms with Crippen LogP contribution in [0.15, 0.2) is 17.8 Å². The summed E-state index contributed by atoms with van der Waals surface area (Å²) in [5, 5.41) is 5.56. The Labute approximate surface area is 147 Å². The average Bonchev–Trinajstić information content (AvgIpc) is 3.05. The normalized spacial score (nSPS) is 20.6. The van der Waals surface area contributed by atoms with Crippen molar-refractivity contribution in [2.45, 2.75) is 12.8 Å². The molecule has 5 nitrogen and oxygen atoms in total. The van der Waals surface area contributed by atoms with Gasteiger partial charge in [0.2, 0.25) is 0 Å². The molecule has 0 unspecified atom stereocenters. The molecule has 0 aromatic carbocycles. The fourth-order valence-corrected chi connectivity index (χ4v) is 4.43. The molecule has 0 bridgehead atoms.